The summed E-state index contributed by atoms with van der Waals surface area (Å²) < 4.78 is 5.75. The van der Waals surface area contributed by atoms with E-state index in [2.05, 4.69) is 22.1 Å². The number of hydrogen-bond acceptors (Lipinski definition) is 3. The average Bonchev–Trinajstić information content (AvgIpc) is 3.26. The second-order valence-electron chi connectivity index (χ2n) is 5.06. The lowest BCUT2D eigenvalue weighted by molar-refractivity contribution is 0.180. The number of H-pyrrole nitrogens is 1. The van der Waals surface area contributed by atoms with E-state index < -0.39 is 0 Å². The Labute approximate surface area is 130 Å². The van der Waals surface area contributed by atoms with Gasteiger partial charge in [0.1, 0.15) is 9.39 Å². The fourth-order valence-electron chi connectivity index (χ4n) is 2.51. The molecular formula is C15H15IN2O2. The van der Waals surface area contributed by atoms with Crippen LogP contribution in [0.5, 0.6) is 0 Å². The van der Waals surface area contributed by atoms with E-state index in [4.69, 9.17) is 4.74 Å². The summed E-state index contributed by atoms with van der Waals surface area (Å²) >= 11 is 2.02. The van der Waals surface area contributed by atoms with Gasteiger partial charge in [-0.25, -0.2) is 4.98 Å². The first-order chi connectivity index (χ1) is 9.67. The van der Waals surface area contributed by atoms with Gasteiger partial charge in [-0.15, -0.1) is 0 Å². The quantitative estimate of drug-likeness (QED) is 0.828. The molecule has 3 rings (SSSR count). The van der Waals surface area contributed by atoms with E-state index in [0.29, 0.717) is 15.9 Å². The molecule has 104 valence electrons. The van der Waals surface area contributed by atoms with Gasteiger partial charge in [0.2, 0.25) is 0 Å². The van der Waals surface area contributed by atoms with Gasteiger partial charge < -0.3 is 9.72 Å². The average molecular weight is 382 g/mol. The van der Waals surface area contributed by atoms with Gasteiger partial charge in [0.15, 0.2) is 0 Å². The SMILES string of the molecule is COCc1nc(C2(c3ccccc3)CC2)[nH]c(=O)c1I. The summed E-state index contributed by atoms with van der Waals surface area (Å²) in [4.78, 5) is 19.7. The summed E-state index contributed by atoms with van der Waals surface area (Å²) in [5.41, 5.74) is 1.74. The smallest absolute Gasteiger partial charge is 0.264 e. The number of methoxy groups -OCH3 is 1. The molecule has 0 aliphatic heterocycles. The number of ether oxygens (including phenoxy) is 1. The van der Waals surface area contributed by atoms with Crippen molar-refractivity contribution in [1.82, 2.24) is 9.97 Å². The van der Waals surface area contributed by atoms with Crippen molar-refractivity contribution in [1.29, 1.82) is 0 Å². The van der Waals surface area contributed by atoms with Crippen LogP contribution in [0, 0.1) is 3.57 Å². The third kappa shape index (κ3) is 2.29. The van der Waals surface area contributed by atoms with Crippen LogP contribution in [0.4, 0.5) is 0 Å². The van der Waals surface area contributed by atoms with E-state index in [1.807, 2.05) is 40.8 Å². The van der Waals surface area contributed by atoms with Crippen LogP contribution in [0.15, 0.2) is 35.1 Å². The fourth-order valence-corrected chi connectivity index (χ4v) is 2.92. The molecule has 1 heterocycles. The number of aromatic nitrogens is 2. The Morgan fingerprint density at radius 2 is 2.05 bits per heavy atom. The van der Waals surface area contributed by atoms with E-state index in [0.717, 1.165) is 18.7 Å². The molecule has 1 N–H and O–H groups in total. The molecule has 0 amide bonds. The fraction of sp³-hybridized carbons (Fsp3) is 0.333. The molecule has 0 bridgehead atoms. The molecule has 0 unspecified atom stereocenters. The highest BCUT2D eigenvalue weighted by molar-refractivity contribution is 14.1. The molecule has 0 radical (unpaired) electrons. The van der Waals surface area contributed by atoms with Crippen LogP contribution >= 0.6 is 22.6 Å². The van der Waals surface area contributed by atoms with Crippen LogP contribution in [-0.4, -0.2) is 17.1 Å². The number of halogens is 1. The molecule has 0 spiro atoms. The second-order valence-corrected chi connectivity index (χ2v) is 6.14. The highest BCUT2D eigenvalue weighted by Gasteiger charge is 2.48. The first kappa shape index (κ1) is 13.8. The second kappa shape index (κ2) is 5.29. The molecule has 1 aliphatic carbocycles. The number of nitrogens with zero attached hydrogens (tertiary/aromatic N) is 1. The Morgan fingerprint density at radius 1 is 1.35 bits per heavy atom. The summed E-state index contributed by atoms with van der Waals surface area (Å²) in [5.74, 6) is 0.765. The molecule has 1 saturated carbocycles. The zero-order valence-electron chi connectivity index (χ0n) is 11.1. The molecule has 1 aromatic heterocycles. The summed E-state index contributed by atoms with van der Waals surface area (Å²) in [6.45, 7) is 0.361. The molecule has 1 aromatic carbocycles. The molecule has 5 heteroatoms. The van der Waals surface area contributed by atoms with Gasteiger partial charge in [0, 0.05) is 7.11 Å². The van der Waals surface area contributed by atoms with Crippen molar-refractivity contribution in [3.8, 4) is 0 Å². The zero-order chi connectivity index (χ0) is 14.2. The van der Waals surface area contributed by atoms with E-state index in [9.17, 15) is 4.79 Å². The molecule has 0 atom stereocenters. The first-order valence-electron chi connectivity index (χ1n) is 6.51. The van der Waals surface area contributed by atoms with Gasteiger partial charge in [-0.1, -0.05) is 30.3 Å². The maximum absolute atomic E-state index is 12.1. The maximum atomic E-state index is 12.1. The van der Waals surface area contributed by atoms with Crippen molar-refractivity contribution in [2.45, 2.75) is 24.9 Å². The predicted octanol–water partition coefficient (Wildman–Crippen LogP) is 2.60. The van der Waals surface area contributed by atoms with Crippen molar-refractivity contribution in [3.63, 3.8) is 0 Å². The number of rotatable bonds is 4. The van der Waals surface area contributed by atoms with Crippen molar-refractivity contribution in [2.75, 3.05) is 7.11 Å². The molecule has 1 fully saturated rings. The Morgan fingerprint density at radius 3 is 2.65 bits per heavy atom. The van der Waals surface area contributed by atoms with E-state index >= 15 is 0 Å². The largest absolute Gasteiger partial charge is 0.378 e. The highest BCUT2D eigenvalue weighted by Crippen LogP contribution is 2.51. The highest BCUT2D eigenvalue weighted by atomic mass is 127. The van der Waals surface area contributed by atoms with Crippen LogP contribution in [-0.2, 0) is 16.8 Å². The summed E-state index contributed by atoms with van der Waals surface area (Å²) in [6.07, 6.45) is 2.04. The normalized spacial score (nSPS) is 16.1. The van der Waals surface area contributed by atoms with Gasteiger partial charge in [0.05, 0.1) is 17.7 Å². The van der Waals surface area contributed by atoms with Gasteiger partial charge in [-0.2, -0.15) is 0 Å². The number of benzene rings is 1. The van der Waals surface area contributed by atoms with E-state index in [-0.39, 0.29) is 11.0 Å². The van der Waals surface area contributed by atoms with Crippen molar-refractivity contribution < 1.29 is 4.74 Å². The number of aromatic amines is 1. The lowest BCUT2D eigenvalue weighted by Gasteiger charge is -2.16. The minimum absolute atomic E-state index is 0.0788. The van der Waals surface area contributed by atoms with Crippen LogP contribution in [0.3, 0.4) is 0 Å². The lowest BCUT2D eigenvalue weighted by Crippen LogP contribution is -2.24. The number of hydrogen-bond donors (Lipinski definition) is 1. The predicted molar refractivity (Wildman–Crippen MR) is 84.7 cm³/mol. The van der Waals surface area contributed by atoms with E-state index in [1.165, 1.54) is 5.56 Å². The van der Waals surface area contributed by atoms with E-state index in [1.54, 1.807) is 7.11 Å². The van der Waals surface area contributed by atoms with Gasteiger partial charge in [0.25, 0.3) is 5.56 Å². The molecule has 0 saturated heterocycles. The summed E-state index contributed by atoms with van der Waals surface area (Å²) in [6, 6.07) is 10.2. The van der Waals surface area contributed by atoms with Gasteiger partial charge in [-0.05, 0) is 41.0 Å². The van der Waals surface area contributed by atoms with Gasteiger partial charge in [-0.3, -0.25) is 4.79 Å². The Hall–Kier alpha value is -1.21. The molecule has 2 aromatic rings. The standard InChI is InChI=1S/C15H15IN2O2/c1-20-9-11-12(16)13(19)18-14(17-11)15(7-8-15)10-5-3-2-4-6-10/h2-6H,7-9H2,1H3,(H,17,18,19). The van der Waals surface area contributed by atoms with Crippen LogP contribution < -0.4 is 5.56 Å². The van der Waals surface area contributed by atoms with Crippen LogP contribution in [0.1, 0.15) is 29.9 Å². The Balaban J connectivity index is 2.09. The van der Waals surface area contributed by atoms with Gasteiger partial charge >= 0.3 is 0 Å². The maximum Gasteiger partial charge on any atom is 0.264 e. The molecule has 4 nitrogen and oxygen atoms in total. The summed E-state index contributed by atoms with van der Waals surface area (Å²) in [7, 11) is 1.61. The first-order valence-corrected chi connectivity index (χ1v) is 7.59. The third-order valence-corrected chi connectivity index (χ3v) is 4.85. The number of nitrogens with one attached hydrogen (secondary N) is 1. The summed E-state index contributed by atoms with van der Waals surface area (Å²) in [5, 5.41) is 0. The third-order valence-electron chi connectivity index (χ3n) is 3.74. The molecule has 1 aliphatic rings. The topological polar surface area (TPSA) is 55.0 Å². The monoisotopic (exact) mass is 382 g/mol. The lowest BCUT2D eigenvalue weighted by atomic mass is 9.95. The van der Waals surface area contributed by atoms with Crippen LogP contribution in [0.25, 0.3) is 0 Å². The Bertz CT molecular complexity index is 678. The minimum Gasteiger partial charge on any atom is -0.378 e. The Kier molecular flexibility index (Phi) is 3.64. The zero-order valence-corrected chi connectivity index (χ0v) is 13.3. The van der Waals surface area contributed by atoms with Crippen LogP contribution in [0.2, 0.25) is 0 Å². The molecule has 20 heavy (non-hydrogen) atoms. The van der Waals surface area contributed by atoms with Crippen molar-refractivity contribution in [3.05, 3.63) is 61.3 Å². The van der Waals surface area contributed by atoms with Crippen molar-refractivity contribution >= 4 is 22.6 Å². The van der Waals surface area contributed by atoms with Crippen molar-refractivity contribution in [2.24, 2.45) is 0 Å². The molecular weight excluding hydrogens is 367 g/mol. The minimum atomic E-state index is -0.118.